The number of aliphatic hydroxyl groups excluding tert-OH is 1. The normalized spacial score (nSPS) is 20.8. The summed E-state index contributed by atoms with van der Waals surface area (Å²) in [7, 11) is 0. The molecule has 1 amide bonds. The highest BCUT2D eigenvalue weighted by Crippen LogP contribution is 2.40. The van der Waals surface area contributed by atoms with Crippen LogP contribution in [0.1, 0.15) is 36.9 Å². The van der Waals surface area contributed by atoms with E-state index in [4.69, 9.17) is 10.5 Å². The van der Waals surface area contributed by atoms with Crippen LogP contribution in [0.3, 0.4) is 0 Å². The number of amides is 1. The molecule has 180 valence electrons. The lowest BCUT2D eigenvalue weighted by molar-refractivity contribution is -0.143. The Bertz CT molecular complexity index is 1530. The third-order valence-corrected chi connectivity index (χ3v) is 7.61. The highest BCUT2D eigenvalue weighted by atomic mass is 32.1. The van der Waals surface area contributed by atoms with Gasteiger partial charge in [0.05, 0.1) is 34.4 Å². The summed E-state index contributed by atoms with van der Waals surface area (Å²) in [6.45, 7) is 0.394. The molecule has 0 spiro atoms. The maximum atomic E-state index is 13.3. The predicted octanol–water partition coefficient (Wildman–Crippen LogP) is 1.35. The zero-order valence-electron chi connectivity index (χ0n) is 18.5. The van der Waals surface area contributed by atoms with Crippen LogP contribution < -0.4 is 16.2 Å². The Morgan fingerprint density at radius 3 is 2.83 bits per heavy atom. The van der Waals surface area contributed by atoms with E-state index in [-0.39, 0.29) is 19.0 Å². The van der Waals surface area contributed by atoms with Crippen LogP contribution in [-0.2, 0) is 15.1 Å². The van der Waals surface area contributed by atoms with Crippen molar-refractivity contribution < 1.29 is 19.7 Å². The molecule has 1 unspecified atom stereocenters. The number of rotatable bonds is 4. The number of nitrogens with two attached hydrogens (primary N) is 1. The van der Waals surface area contributed by atoms with Crippen molar-refractivity contribution in [3.63, 3.8) is 0 Å². The Labute approximate surface area is 202 Å². The first-order valence-electron chi connectivity index (χ1n) is 11.2. The molecule has 35 heavy (non-hydrogen) atoms. The first-order valence-corrected chi connectivity index (χ1v) is 12.0. The number of H-pyrrole nitrogens is 1. The number of ether oxygens (including phenoxy) is 1. The molecule has 1 aromatic carbocycles. The van der Waals surface area contributed by atoms with Gasteiger partial charge >= 0.3 is 0 Å². The average molecular weight is 495 g/mol. The van der Waals surface area contributed by atoms with Crippen molar-refractivity contribution >= 4 is 50.1 Å². The number of nitrogens with one attached hydrogen (secondary N) is 1. The minimum absolute atomic E-state index is 0.0787. The molecule has 5 N–H and O–H groups in total. The van der Waals surface area contributed by atoms with Crippen LogP contribution in [0, 0.1) is 0 Å². The number of anilines is 2. The molecule has 2 aliphatic rings. The number of aromatic nitrogens is 4. The van der Waals surface area contributed by atoms with E-state index in [1.165, 1.54) is 4.90 Å². The summed E-state index contributed by atoms with van der Waals surface area (Å²) in [5, 5.41) is 22.7. The molecule has 4 heterocycles. The second kappa shape index (κ2) is 8.05. The summed E-state index contributed by atoms with van der Waals surface area (Å²) in [5.74, 6) is 0.115. The van der Waals surface area contributed by atoms with Crippen LogP contribution in [-0.4, -0.2) is 54.7 Å². The number of morpholine rings is 1. The van der Waals surface area contributed by atoms with E-state index in [0.29, 0.717) is 51.2 Å². The second-order valence-corrected chi connectivity index (χ2v) is 9.62. The average Bonchev–Trinajstić information content (AvgIpc) is 3.22. The number of nitrogens with zero attached hydrogens (tertiary/aromatic N) is 4. The fourth-order valence-corrected chi connectivity index (χ4v) is 5.45. The van der Waals surface area contributed by atoms with Gasteiger partial charge in [0, 0.05) is 5.39 Å². The van der Waals surface area contributed by atoms with E-state index < -0.39 is 29.3 Å². The number of carbonyl (C=O) groups excluding carboxylic acids is 1. The fourth-order valence-electron chi connectivity index (χ4n) is 4.61. The van der Waals surface area contributed by atoms with Crippen LogP contribution in [0.15, 0.2) is 35.1 Å². The van der Waals surface area contributed by atoms with E-state index in [9.17, 15) is 19.8 Å². The molecule has 4 aromatic rings. The minimum Gasteiger partial charge on any atom is -0.384 e. The van der Waals surface area contributed by atoms with Gasteiger partial charge in [-0.1, -0.05) is 6.07 Å². The molecule has 3 aromatic heterocycles. The smallest absolute Gasteiger partial charge is 0.260 e. The van der Waals surface area contributed by atoms with Crippen molar-refractivity contribution in [2.24, 2.45) is 0 Å². The highest BCUT2D eigenvalue weighted by Gasteiger charge is 2.40. The van der Waals surface area contributed by atoms with Gasteiger partial charge in [0.15, 0.2) is 6.10 Å². The SMILES string of the molecule is Nc1nsc2c1ccc1nc([C@H](O)C3OCCN(c4cccc(C5(O)CCC5)n4)C3=O)[nH]c(=O)c12. The monoisotopic (exact) mass is 494 g/mol. The van der Waals surface area contributed by atoms with Gasteiger partial charge in [-0.3, -0.25) is 14.5 Å². The van der Waals surface area contributed by atoms with Gasteiger partial charge in [0.2, 0.25) is 0 Å². The molecule has 6 rings (SSSR count). The Morgan fingerprint density at radius 2 is 2.06 bits per heavy atom. The van der Waals surface area contributed by atoms with Gasteiger partial charge in [-0.2, -0.15) is 4.37 Å². The third-order valence-electron chi connectivity index (χ3n) is 6.71. The molecule has 12 heteroatoms. The molecule has 1 aliphatic carbocycles. The lowest BCUT2D eigenvalue weighted by atomic mass is 9.77. The maximum absolute atomic E-state index is 13.3. The van der Waals surface area contributed by atoms with Crippen molar-refractivity contribution in [1.29, 1.82) is 0 Å². The topological polar surface area (TPSA) is 168 Å². The van der Waals surface area contributed by atoms with Crippen LogP contribution in [0.4, 0.5) is 11.6 Å². The second-order valence-electron chi connectivity index (χ2n) is 8.85. The van der Waals surface area contributed by atoms with Gasteiger partial charge in [-0.25, -0.2) is 9.97 Å². The lowest BCUT2D eigenvalue weighted by Gasteiger charge is -2.37. The minimum atomic E-state index is -1.51. The summed E-state index contributed by atoms with van der Waals surface area (Å²) in [6.07, 6.45) is -0.619. The molecule has 1 aliphatic heterocycles. The van der Waals surface area contributed by atoms with E-state index in [2.05, 4.69) is 19.3 Å². The summed E-state index contributed by atoms with van der Waals surface area (Å²) < 4.78 is 10.3. The number of pyridine rings is 1. The molecular formula is C23H22N6O5S. The molecule has 2 fully saturated rings. The van der Waals surface area contributed by atoms with Gasteiger partial charge in [0.25, 0.3) is 11.5 Å². The third kappa shape index (κ3) is 3.48. The zero-order chi connectivity index (χ0) is 24.3. The van der Waals surface area contributed by atoms with Crippen molar-refractivity contribution in [3.8, 4) is 0 Å². The molecule has 1 saturated carbocycles. The highest BCUT2D eigenvalue weighted by molar-refractivity contribution is 7.14. The molecule has 1 saturated heterocycles. The predicted molar refractivity (Wildman–Crippen MR) is 129 cm³/mol. The van der Waals surface area contributed by atoms with Gasteiger partial charge < -0.3 is 25.7 Å². The van der Waals surface area contributed by atoms with Crippen molar-refractivity contribution in [1.82, 2.24) is 19.3 Å². The van der Waals surface area contributed by atoms with E-state index in [1.807, 2.05) is 0 Å². The first-order chi connectivity index (χ1) is 16.9. The molecule has 0 bridgehead atoms. The summed E-state index contributed by atoms with van der Waals surface area (Å²) in [4.78, 5) is 39.1. The van der Waals surface area contributed by atoms with Crippen molar-refractivity contribution in [2.45, 2.75) is 37.1 Å². The lowest BCUT2D eigenvalue weighted by Crippen LogP contribution is -2.51. The van der Waals surface area contributed by atoms with Gasteiger partial charge in [0.1, 0.15) is 29.2 Å². The Balaban J connectivity index is 1.32. The number of benzene rings is 1. The van der Waals surface area contributed by atoms with Gasteiger partial charge in [-0.15, -0.1) is 0 Å². The van der Waals surface area contributed by atoms with Crippen LogP contribution >= 0.6 is 11.5 Å². The number of aromatic amines is 1. The van der Waals surface area contributed by atoms with Crippen LogP contribution in [0.25, 0.3) is 21.0 Å². The zero-order valence-corrected chi connectivity index (χ0v) is 19.3. The molecule has 11 nitrogen and oxygen atoms in total. The Kier molecular flexibility index (Phi) is 5.07. The molecule has 0 radical (unpaired) electrons. The van der Waals surface area contributed by atoms with E-state index in [1.54, 1.807) is 30.3 Å². The quantitative estimate of drug-likeness (QED) is 0.327. The Hall–Kier alpha value is -3.45. The molecular weight excluding hydrogens is 472 g/mol. The number of aliphatic hydroxyl groups is 2. The van der Waals surface area contributed by atoms with Gasteiger partial charge in [-0.05, 0) is 55.1 Å². The van der Waals surface area contributed by atoms with E-state index >= 15 is 0 Å². The largest absolute Gasteiger partial charge is 0.384 e. The van der Waals surface area contributed by atoms with Crippen LogP contribution in [0.5, 0.6) is 0 Å². The van der Waals surface area contributed by atoms with E-state index in [0.717, 1.165) is 18.0 Å². The first kappa shape index (κ1) is 22.0. The summed E-state index contributed by atoms with van der Waals surface area (Å²) in [5.41, 5.74) is 5.30. The Morgan fingerprint density at radius 1 is 1.23 bits per heavy atom. The fraction of sp³-hybridized carbons (Fsp3) is 0.348. The molecule has 2 atom stereocenters. The van der Waals surface area contributed by atoms with Crippen LogP contribution in [0.2, 0.25) is 0 Å². The number of hydrogen-bond donors (Lipinski definition) is 4. The number of hydrogen-bond acceptors (Lipinski definition) is 10. The standard InChI is InChI=1S/C23H22N6O5S/c24-19-11-5-6-12-15(18(11)35-28-19)21(31)27-20(25-12)16(30)17-22(32)29(9-10-34-17)14-4-1-3-13(26-14)23(33)7-2-8-23/h1,3-6,16-17,30,33H,2,7-10H2,(H2,24,28)(H,25,27,31)/t16-,17?/m1/s1. The summed E-state index contributed by atoms with van der Waals surface area (Å²) in [6, 6.07) is 8.53. The number of nitrogen functional groups attached to an aromatic ring is 1. The summed E-state index contributed by atoms with van der Waals surface area (Å²) >= 11 is 1.10. The number of carbonyl (C=O) groups is 1. The maximum Gasteiger partial charge on any atom is 0.260 e. The van der Waals surface area contributed by atoms with Crippen molar-refractivity contribution in [3.05, 3.63) is 52.2 Å². The van der Waals surface area contributed by atoms with Crippen molar-refractivity contribution in [2.75, 3.05) is 23.8 Å². The number of fused-ring (bicyclic) bond motifs is 3.